The number of hydrogen-bond donors (Lipinski definition) is 0. The molecule has 0 aromatic heterocycles. The van der Waals surface area contributed by atoms with Gasteiger partial charge >= 0.3 is 25.8 Å². The molecular formula is C13H24Cl2HfNOSi. The molecule has 0 bridgehead atoms. The van der Waals surface area contributed by atoms with Gasteiger partial charge in [-0.3, -0.25) is 6.08 Å². The standard InChI is InChI=1S/C6H7.C5H11NO.C2H7Si.2ClH.Hf/c1-6-4-2-3-5-6;1-5(2,3)4(6)7;1-3-2;;;/h4-5H,2H2,1H3;1-3H3,(H2,6,7);3H,1-2H3;2*1H;/q-1;;;;;+4/p-3. The van der Waals surface area contributed by atoms with E-state index in [0.717, 1.165) is 15.9 Å². The summed E-state index contributed by atoms with van der Waals surface area (Å²) in [6, 6.07) is 0. The number of carbonyl (C=O) groups excluding carboxylic acids is 1. The summed E-state index contributed by atoms with van der Waals surface area (Å²) < 4.78 is 0. The van der Waals surface area contributed by atoms with E-state index in [1.807, 2.05) is 6.08 Å². The molecule has 0 atom stereocenters. The Hall–Kier alpha value is 0.617. The van der Waals surface area contributed by atoms with E-state index < -0.39 is 11.3 Å². The van der Waals surface area contributed by atoms with Crippen molar-refractivity contribution in [3.8, 4) is 0 Å². The first-order chi connectivity index (χ1) is 7.25. The van der Waals surface area contributed by atoms with Crippen molar-refractivity contribution < 1.29 is 55.5 Å². The van der Waals surface area contributed by atoms with Crippen LogP contribution in [0.1, 0.15) is 34.1 Å². The molecule has 6 heteroatoms. The summed E-state index contributed by atoms with van der Waals surface area (Å²) in [5.74, 6) is -0.507. The van der Waals surface area contributed by atoms with Crippen molar-refractivity contribution in [3.05, 3.63) is 29.5 Å². The fourth-order valence-electron chi connectivity index (χ4n) is 0.499. The third-order valence-corrected chi connectivity index (χ3v) is 1.55. The van der Waals surface area contributed by atoms with E-state index in [1.165, 1.54) is 5.57 Å². The van der Waals surface area contributed by atoms with Crippen LogP contribution < -0.4 is 24.8 Å². The molecule has 0 saturated carbocycles. The molecule has 0 saturated heterocycles. The first kappa shape index (κ1) is 31.8. The van der Waals surface area contributed by atoms with Crippen molar-refractivity contribution in [3.63, 3.8) is 0 Å². The number of rotatable bonds is 0. The van der Waals surface area contributed by atoms with Gasteiger partial charge in [0.2, 0.25) is 0 Å². The van der Waals surface area contributed by atoms with E-state index in [9.17, 15) is 4.79 Å². The number of carbonyl (C=O) groups is 1. The number of nitrogens with one attached hydrogen (secondary N) is 1. The van der Waals surface area contributed by atoms with Crippen molar-refractivity contribution in [2.45, 2.75) is 47.2 Å². The SMILES string of the molecule is CC(C)(C)C([NH-])=O.CC1=CC[C-]=C1.C[SiH]C.[Cl-].[Cl-].[Hf+4]. The number of halogens is 2. The molecule has 0 aromatic carbocycles. The van der Waals surface area contributed by atoms with Crippen LogP contribution in [-0.2, 0) is 30.6 Å². The molecule has 19 heavy (non-hydrogen) atoms. The van der Waals surface area contributed by atoms with Crippen molar-refractivity contribution in [2.24, 2.45) is 5.41 Å². The van der Waals surface area contributed by atoms with Crippen molar-refractivity contribution in [1.82, 2.24) is 0 Å². The van der Waals surface area contributed by atoms with Gasteiger partial charge in [0.25, 0.3) is 0 Å². The Labute approximate surface area is 152 Å². The fourth-order valence-corrected chi connectivity index (χ4v) is 0.499. The molecule has 2 nitrogen and oxygen atoms in total. The zero-order chi connectivity index (χ0) is 13.2. The van der Waals surface area contributed by atoms with Crippen LogP contribution in [0.15, 0.2) is 17.7 Å². The summed E-state index contributed by atoms with van der Waals surface area (Å²) in [6.45, 7) is 11.7. The molecular weight excluding hydrogens is 464 g/mol. The summed E-state index contributed by atoms with van der Waals surface area (Å²) in [5.41, 5.74) is 7.46. The summed E-state index contributed by atoms with van der Waals surface area (Å²) >= 11 is 0. The van der Waals surface area contributed by atoms with E-state index in [0.29, 0.717) is 0 Å². The average Bonchev–Trinajstić information content (AvgIpc) is 2.56. The minimum Gasteiger partial charge on any atom is -1.00 e. The molecule has 1 radical (unpaired) electrons. The molecule has 0 heterocycles. The predicted octanol–water partition coefficient (Wildman–Crippen LogP) is -2.17. The normalized spacial score (nSPS) is 10.9. The summed E-state index contributed by atoms with van der Waals surface area (Å²) in [5, 5.41) is 0. The van der Waals surface area contributed by atoms with Gasteiger partial charge in [-0.2, -0.15) is 6.08 Å². The molecule has 1 N–H and O–H groups in total. The Bertz CT molecular complexity index is 261. The quantitative estimate of drug-likeness (QED) is 0.283. The zero-order valence-corrected chi connectivity index (χ0v) is 18.9. The van der Waals surface area contributed by atoms with Crippen LogP contribution in [0.2, 0.25) is 13.1 Å². The molecule has 0 fully saturated rings. The molecule has 1 aliphatic rings. The maximum Gasteiger partial charge on any atom is 4.00 e. The van der Waals surface area contributed by atoms with E-state index in [4.69, 9.17) is 5.73 Å². The Balaban J connectivity index is -0.0000000507. The molecule has 1 amide bonds. The average molecular weight is 488 g/mol. The second-order valence-corrected chi connectivity index (χ2v) is 5.81. The number of amides is 1. The van der Waals surface area contributed by atoms with Crippen LogP contribution in [0, 0.1) is 11.5 Å². The smallest absolute Gasteiger partial charge is 1.00 e. The first-order valence-electron chi connectivity index (χ1n) is 5.49. The zero-order valence-electron chi connectivity index (χ0n) is 12.6. The van der Waals surface area contributed by atoms with E-state index in [2.05, 4.69) is 32.2 Å². The topological polar surface area (TPSA) is 40.9 Å². The largest absolute Gasteiger partial charge is 4.00 e. The van der Waals surface area contributed by atoms with Crippen LogP contribution in [-0.4, -0.2) is 15.4 Å². The Morgan fingerprint density at radius 3 is 1.68 bits per heavy atom. The fraction of sp³-hybridized carbons (Fsp3) is 0.615. The third-order valence-electron chi connectivity index (χ3n) is 1.55. The molecule has 0 aromatic rings. The van der Waals surface area contributed by atoms with Gasteiger partial charge in [0, 0.05) is 14.9 Å². The monoisotopic (exact) mass is 488 g/mol. The van der Waals surface area contributed by atoms with Gasteiger partial charge in [-0.1, -0.05) is 33.9 Å². The first-order valence-corrected chi connectivity index (χ1v) is 7.80. The van der Waals surface area contributed by atoms with E-state index in [-0.39, 0.29) is 50.7 Å². The molecule has 0 aliphatic heterocycles. The Morgan fingerprint density at radius 2 is 1.63 bits per heavy atom. The van der Waals surface area contributed by atoms with Gasteiger partial charge in [-0.05, 0) is 0 Å². The summed E-state index contributed by atoms with van der Waals surface area (Å²) in [6.07, 6.45) is 8.24. The minimum atomic E-state index is -0.507. The number of allylic oxidation sites excluding steroid dienone is 4. The minimum absolute atomic E-state index is 0. The second-order valence-electron chi connectivity index (χ2n) is 4.66. The molecule has 0 spiro atoms. The van der Waals surface area contributed by atoms with Crippen LogP contribution in [0.4, 0.5) is 0 Å². The van der Waals surface area contributed by atoms with Gasteiger partial charge < -0.3 is 35.3 Å². The van der Waals surface area contributed by atoms with Crippen molar-refractivity contribution in [2.75, 3.05) is 0 Å². The van der Waals surface area contributed by atoms with Gasteiger partial charge in [-0.15, -0.1) is 13.3 Å². The Kier molecular flexibility index (Phi) is 31.2. The van der Waals surface area contributed by atoms with Gasteiger partial charge in [0.15, 0.2) is 0 Å². The number of hydrogen-bond acceptors (Lipinski definition) is 1. The maximum atomic E-state index is 10.1. The maximum absolute atomic E-state index is 10.1. The molecule has 109 valence electrons. The van der Waals surface area contributed by atoms with E-state index >= 15 is 0 Å². The van der Waals surface area contributed by atoms with Gasteiger partial charge in [-0.25, -0.2) is 11.6 Å². The third kappa shape index (κ3) is 27.7. The summed E-state index contributed by atoms with van der Waals surface area (Å²) in [7, 11) is 0.750. The predicted molar refractivity (Wildman–Crippen MR) is 73.8 cm³/mol. The molecule has 1 rings (SSSR count). The van der Waals surface area contributed by atoms with Crippen LogP contribution >= 0.6 is 0 Å². The molecule has 1 aliphatic carbocycles. The summed E-state index contributed by atoms with van der Waals surface area (Å²) in [4.78, 5) is 10.1. The van der Waals surface area contributed by atoms with Gasteiger partial charge in [0.1, 0.15) is 0 Å². The van der Waals surface area contributed by atoms with Crippen molar-refractivity contribution >= 4 is 15.4 Å². The molecule has 0 unspecified atom stereocenters. The second kappa shape index (κ2) is 18.6. The Morgan fingerprint density at radius 1 is 1.32 bits per heavy atom. The van der Waals surface area contributed by atoms with E-state index in [1.54, 1.807) is 20.8 Å². The van der Waals surface area contributed by atoms with Crippen LogP contribution in [0.5, 0.6) is 0 Å². The van der Waals surface area contributed by atoms with Crippen LogP contribution in [0.3, 0.4) is 0 Å². The van der Waals surface area contributed by atoms with Gasteiger partial charge in [0.05, 0.1) is 5.91 Å². The van der Waals surface area contributed by atoms with Crippen LogP contribution in [0.25, 0.3) is 5.73 Å². The van der Waals surface area contributed by atoms with Crippen molar-refractivity contribution in [1.29, 1.82) is 0 Å².